The minimum Gasteiger partial charge on any atom is -0.342 e. The molecule has 3 rings (SSSR count). The maximum absolute atomic E-state index is 12.0. The first-order valence-electron chi connectivity index (χ1n) is 8.22. The fraction of sp³-hybridized carbons (Fsp3) is 0.611. The number of piperidine rings is 1. The van der Waals surface area contributed by atoms with Gasteiger partial charge in [-0.1, -0.05) is 23.8 Å². The number of amides is 1. The Morgan fingerprint density at radius 3 is 2.52 bits per heavy atom. The predicted molar refractivity (Wildman–Crippen MR) is 85.1 cm³/mol. The Bertz CT molecular complexity index is 514. The zero-order valence-electron chi connectivity index (χ0n) is 13.2. The third-order valence-electron chi connectivity index (χ3n) is 4.81. The van der Waals surface area contributed by atoms with Crippen LogP contribution in [0.3, 0.4) is 0 Å². The molecule has 3 nitrogen and oxygen atoms in total. The quantitative estimate of drug-likeness (QED) is 0.923. The van der Waals surface area contributed by atoms with Gasteiger partial charge < -0.3 is 10.2 Å². The van der Waals surface area contributed by atoms with Crippen molar-refractivity contribution in [3.8, 4) is 0 Å². The monoisotopic (exact) mass is 286 g/mol. The van der Waals surface area contributed by atoms with Gasteiger partial charge in [0.15, 0.2) is 0 Å². The largest absolute Gasteiger partial charge is 0.342 e. The highest BCUT2D eigenvalue weighted by Crippen LogP contribution is 2.31. The van der Waals surface area contributed by atoms with Gasteiger partial charge in [0.2, 0.25) is 5.91 Å². The van der Waals surface area contributed by atoms with Crippen molar-refractivity contribution >= 4 is 5.91 Å². The van der Waals surface area contributed by atoms with Crippen LogP contribution in [0.25, 0.3) is 0 Å². The molecule has 0 bridgehead atoms. The summed E-state index contributed by atoms with van der Waals surface area (Å²) in [4.78, 5) is 14.1. The molecule has 0 unspecified atom stereocenters. The second-order valence-electron chi connectivity index (χ2n) is 6.68. The van der Waals surface area contributed by atoms with Gasteiger partial charge in [0.25, 0.3) is 0 Å². The van der Waals surface area contributed by atoms with Crippen molar-refractivity contribution < 1.29 is 4.79 Å². The van der Waals surface area contributed by atoms with Crippen molar-refractivity contribution in [2.24, 2.45) is 5.92 Å². The zero-order chi connectivity index (χ0) is 14.8. The van der Waals surface area contributed by atoms with Crippen LogP contribution in [0.2, 0.25) is 0 Å². The normalized spacial score (nSPS) is 19.8. The van der Waals surface area contributed by atoms with Crippen LogP contribution >= 0.6 is 0 Å². The molecule has 0 radical (unpaired) electrons. The maximum atomic E-state index is 12.0. The van der Waals surface area contributed by atoms with E-state index in [4.69, 9.17) is 0 Å². The topological polar surface area (TPSA) is 32.3 Å². The summed E-state index contributed by atoms with van der Waals surface area (Å²) in [6.07, 6.45) is 4.40. The van der Waals surface area contributed by atoms with Crippen molar-refractivity contribution in [2.75, 3.05) is 13.1 Å². The second kappa shape index (κ2) is 6.18. The van der Waals surface area contributed by atoms with Crippen LogP contribution in [0.5, 0.6) is 0 Å². The molecule has 1 saturated carbocycles. The molecular weight excluding hydrogens is 260 g/mol. The van der Waals surface area contributed by atoms with E-state index in [9.17, 15) is 4.79 Å². The SMILES string of the molecule is Cc1ccc(CNC2CCN(C(=O)C3CC3)CC2)c(C)c1. The van der Waals surface area contributed by atoms with Gasteiger partial charge in [-0.3, -0.25) is 4.79 Å². The highest BCUT2D eigenvalue weighted by Gasteiger charge is 2.34. The van der Waals surface area contributed by atoms with Crippen LogP contribution in [0.4, 0.5) is 0 Å². The third kappa shape index (κ3) is 3.65. The van der Waals surface area contributed by atoms with Gasteiger partial charge >= 0.3 is 0 Å². The number of hydrogen-bond acceptors (Lipinski definition) is 2. The average Bonchev–Trinajstić information content (AvgIpc) is 3.31. The smallest absolute Gasteiger partial charge is 0.225 e. The summed E-state index contributed by atoms with van der Waals surface area (Å²) in [5, 5.41) is 3.66. The van der Waals surface area contributed by atoms with Gasteiger partial charge in [-0.15, -0.1) is 0 Å². The fourth-order valence-corrected chi connectivity index (χ4v) is 3.19. The van der Waals surface area contributed by atoms with Crippen molar-refractivity contribution in [1.82, 2.24) is 10.2 Å². The molecule has 1 heterocycles. The zero-order valence-corrected chi connectivity index (χ0v) is 13.2. The van der Waals surface area contributed by atoms with Gasteiger partial charge in [-0.2, -0.15) is 0 Å². The number of likely N-dealkylation sites (tertiary alicyclic amines) is 1. The van der Waals surface area contributed by atoms with E-state index in [1.54, 1.807) is 0 Å². The van der Waals surface area contributed by atoms with E-state index in [2.05, 4.69) is 42.3 Å². The van der Waals surface area contributed by atoms with Crippen LogP contribution < -0.4 is 5.32 Å². The van der Waals surface area contributed by atoms with E-state index >= 15 is 0 Å². The molecule has 0 atom stereocenters. The third-order valence-corrected chi connectivity index (χ3v) is 4.81. The standard InChI is InChI=1S/C18H26N2O/c1-13-3-4-16(14(2)11-13)12-19-17-7-9-20(10-8-17)18(21)15-5-6-15/h3-4,11,15,17,19H,5-10,12H2,1-2H3. The maximum Gasteiger partial charge on any atom is 0.225 e. The molecule has 1 saturated heterocycles. The summed E-state index contributed by atoms with van der Waals surface area (Å²) in [7, 11) is 0. The number of nitrogens with one attached hydrogen (secondary N) is 1. The number of aryl methyl sites for hydroxylation is 2. The van der Waals surface area contributed by atoms with Crippen molar-refractivity contribution in [1.29, 1.82) is 0 Å². The molecule has 0 aromatic heterocycles. The average molecular weight is 286 g/mol. The van der Waals surface area contributed by atoms with Crippen molar-refractivity contribution in [3.63, 3.8) is 0 Å². The van der Waals surface area contributed by atoms with E-state index < -0.39 is 0 Å². The number of carbonyl (C=O) groups is 1. The lowest BCUT2D eigenvalue weighted by Gasteiger charge is -2.32. The van der Waals surface area contributed by atoms with Gasteiger partial charge in [0.1, 0.15) is 0 Å². The highest BCUT2D eigenvalue weighted by molar-refractivity contribution is 5.81. The molecule has 1 N–H and O–H groups in total. The summed E-state index contributed by atoms with van der Waals surface area (Å²) in [6.45, 7) is 7.12. The van der Waals surface area contributed by atoms with E-state index in [1.165, 1.54) is 16.7 Å². The minimum absolute atomic E-state index is 0.365. The molecule has 1 aromatic carbocycles. The molecule has 0 spiro atoms. The highest BCUT2D eigenvalue weighted by atomic mass is 16.2. The first-order valence-corrected chi connectivity index (χ1v) is 8.22. The molecule has 1 aliphatic carbocycles. The predicted octanol–water partition coefficient (Wildman–Crippen LogP) is 2.79. The van der Waals surface area contributed by atoms with E-state index in [1.807, 2.05) is 0 Å². The van der Waals surface area contributed by atoms with E-state index in [-0.39, 0.29) is 0 Å². The van der Waals surface area contributed by atoms with Crippen LogP contribution in [-0.2, 0) is 11.3 Å². The molecule has 1 aromatic rings. The molecule has 1 aliphatic heterocycles. The number of hydrogen-bond donors (Lipinski definition) is 1. The summed E-state index contributed by atoms with van der Waals surface area (Å²) in [5.74, 6) is 0.771. The van der Waals surface area contributed by atoms with Gasteiger partial charge in [0, 0.05) is 31.6 Å². The molecular formula is C18H26N2O. The Kier molecular flexibility index (Phi) is 4.29. The van der Waals surface area contributed by atoms with Gasteiger partial charge in [-0.25, -0.2) is 0 Å². The van der Waals surface area contributed by atoms with E-state index in [0.717, 1.165) is 45.3 Å². The molecule has 3 heteroatoms. The number of nitrogens with zero attached hydrogens (tertiary/aromatic N) is 1. The summed E-state index contributed by atoms with van der Waals surface area (Å²) in [6, 6.07) is 7.20. The number of rotatable bonds is 4. The van der Waals surface area contributed by atoms with Crippen molar-refractivity contribution in [3.05, 3.63) is 34.9 Å². The lowest BCUT2D eigenvalue weighted by molar-refractivity contribution is -0.133. The van der Waals surface area contributed by atoms with Crippen LogP contribution in [-0.4, -0.2) is 29.9 Å². The molecule has 1 amide bonds. The lowest BCUT2D eigenvalue weighted by atomic mass is 10.0. The number of benzene rings is 1. The van der Waals surface area contributed by atoms with Crippen LogP contribution in [0, 0.1) is 19.8 Å². The summed E-state index contributed by atoms with van der Waals surface area (Å²) in [5.41, 5.74) is 4.07. The molecule has 21 heavy (non-hydrogen) atoms. The first-order chi connectivity index (χ1) is 10.1. The van der Waals surface area contributed by atoms with Crippen LogP contribution in [0.15, 0.2) is 18.2 Å². The molecule has 114 valence electrons. The molecule has 2 fully saturated rings. The summed E-state index contributed by atoms with van der Waals surface area (Å²) < 4.78 is 0. The van der Waals surface area contributed by atoms with E-state index in [0.29, 0.717) is 17.9 Å². The van der Waals surface area contributed by atoms with Crippen LogP contribution in [0.1, 0.15) is 42.4 Å². The Morgan fingerprint density at radius 1 is 1.19 bits per heavy atom. The minimum atomic E-state index is 0.365. The van der Waals surface area contributed by atoms with Gasteiger partial charge in [-0.05, 0) is 50.7 Å². The Balaban J connectivity index is 1.45. The fourth-order valence-electron chi connectivity index (χ4n) is 3.19. The molecule has 2 aliphatic rings. The Morgan fingerprint density at radius 2 is 1.90 bits per heavy atom. The Hall–Kier alpha value is -1.35. The summed E-state index contributed by atoms with van der Waals surface area (Å²) >= 11 is 0. The van der Waals surface area contributed by atoms with Gasteiger partial charge in [0.05, 0.1) is 0 Å². The Labute approximate surface area is 127 Å². The lowest BCUT2D eigenvalue weighted by Crippen LogP contribution is -2.45. The van der Waals surface area contributed by atoms with Crippen molar-refractivity contribution in [2.45, 2.75) is 52.1 Å². The first kappa shape index (κ1) is 14.6. The second-order valence-corrected chi connectivity index (χ2v) is 6.68. The number of carbonyl (C=O) groups excluding carboxylic acids is 1.